The van der Waals surface area contributed by atoms with Crippen LogP contribution in [0.25, 0.3) is 105 Å². The van der Waals surface area contributed by atoms with Crippen molar-refractivity contribution in [2.75, 3.05) is 0 Å². The molecule has 0 bridgehead atoms. The lowest BCUT2D eigenvalue weighted by molar-refractivity contribution is 1.18. The molecule has 0 saturated carbocycles. The Morgan fingerprint density at radius 3 is 1.54 bits per heavy atom. The predicted molar refractivity (Wildman–Crippen MR) is 236 cm³/mol. The van der Waals surface area contributed by atoms with Crippen LogP contribution in [-0.2, 0) is 0 Å². The van der Waals surface area contributed by atoms with Crippen molar-refractivity contribution >= 4 is 43.5 Å². The Labute approximate surface area is 330 Å². The van der Waals surface area contributed by atoms with E-state index in [1.807, 2.05) is 36.4 Å². The second kappa shape index (κ2) is 13.6. The summed E-state index contributed by atoms with van der Waals surface area (Å²) in [5.41, 5.74) is 13.7. The lowest BCUT2D eigenvalue weighted by Crippen LogP contribution is -1.95. The smallest absolute Gasteiger partial charge is 0.160 e. The Morgan fingerprint density at radius 1 is 0.298 bits per heavy atom. The Balaban J connectivity index is 1.08. The van der Waals surface area contributed by atoms with Crippen molar-refractivity contribution in [2.45, 2.75) is 0 Å². The highest BCUT2D eigenvalue weighted by Crippen LogP contribution is 2.41. The molecule has 0 aliphatic heterocycles. The summed E-state index contributed by atoms with van der Waals surface area (Å²) in [5, 5.41) is 5.87. The lowest BCUT2D eigenvalue weighted by Gasteiger charge is -2.12. The third-order valence-corrected chi connectivity index (χ3v) is 11.0. The number of fused-ring (bicyclic) bond motifs is 6. The van der Waals surface area contributed by atoms with Crippen LogP contribution >= 0.6 is 0 Å². The molecule has 4 heteroatoms. The van der Waals surface area contributed by atoms with Crippen LogP contribution in [0.3, 0.4) is 0 Å². The van der Waals surface area contributed by atoms with Crippen molar-refractivity contribution < 1.29 is 0 Å². The van der Waals surface area contributed by atoms with Crippen molar-refractivity contribution in [3.63, 3.8) is 0 Å². The van der Waals surface area contributed by atoms with Crippen LogP contribution in [0, 0.1) is 0 Å². The molecule has 0 N–H and O–H groups in total. The van der Waals surface area contributed by atoms with Crippen LogP contribution in [0.4, 0.5) is 0 Å². The van der Waals surface area contributed by atoms with Crippen molar-refractivity contribution in [3.05, 3.63) is 206 Å². The molecule has 57 heavy (non-hydrogen) atoms. The van der Waals surface area contributed by atoms with Gasteiger partial charge in [-0.25, -0.2) is 15.0 Å². The zero-order valence-electron chi connectivity index (χ0n) is 30.9. The van der Waals surface area contributed by atoms with Gasteiger partial charge in [-0.05, 0) is 65.0 Å². The topological polar surface area (TPSA) is 43.6 Å². The zero-order chi connectivity index (χ0) is 37.7. The molecule has 4 nitrogen and oxygen atoms in total. The van der Waals surface area contributed by atoms with E-state index in [1.54, 1.807) is 0 Å². The monoisotopic (exact) mass is 726 g/mol. The fourth-order valence-electron chi connectivity index (χ4n) is 8.22. The molecule has 0 amide bonds. The van der Waals surface area contributed by atoms with E-state index < -0.39 is 0 Å². The van der Waals surface area contributed by atoms with E-state index in [1.165, 1.54) is 21.7 Å². The molecule has 0 saturated heterocycles. The quantitative estimate of drug-likeness (QED) is 0.160. The average Bonchev–Trinajstić information content (AvgIpc) is 3.61. The first-order chi connectivity index (χ1) is 28.2. The maximum absolute atomic E-state index is 5.25. The predicted octanol–water partition coefficient (Wildman–Crippen LogP) is 13.6. The summed E-state index contributed by atoms with van der Waals surface area (Å²) in [6, 6.07) is 72.7. The van der Waals surface area contributed by atoms with Gasteiger partial charge in [0.15, 0.2) is 5.82 Å². The normalized spacial score (nSPS) is 11.5. The molecule has 0 aliphatic rings. The number of pyridine rings is 1. The molecule has 0 spiro atoms. The second-order valence-electron chi connectivity index (χ2n) is 14.4. The van der Waals surface area contributed by atoms with Gasteiger partial charge in [-0.15, -0.1) is 0 Å². The second-order valence-corrected chi connectivity index (χ2v) is 14.4. The molecule has 3 heterocycles. The van der Waals surface area contributed by atoms with Crippen molar-refractivity contribution in [1.82, 2.24) is 19.5 Å². The van der Waals surface area contributed by atoms with Crippen LogP contribution in [0.5, 0.6) is 0 Å². The summed E-state index contributed by atoms with van der Waals surface area (Å²) >= 11 is 0. The molecule has 0 radical (unpaired) electrons. The number of hydrogen-bond acceptors (Lipinski definition) is 3. The fourth-order valence-corrected chi connectivity index (χ4v) is 8.22. The number of benzene rings is 8. The maximum Gasteiger partial charge on any atom is 0.160 e. The minimum atomic E-state index is 0.711. The maximum atomic E-state index is 5.25. The van der Waals surface area contributed by atoms with E-state index in [4.69, 9.17) is 15.0 Å². The highest BCUT2D eigenvalue weighted by atomic mass is 15.0. The fraction of sp³-hybridized carbons (Fsp3) is 0. The van der Waals surface area contributed by atoms with Gasteiger partial charge >= 0.3 is 0 Å². The van der Waals surface area contributed by atoms with Crippen LogP contribution in [0.2, 0.25) is 0 Å². The average molecular weight is 727 g/mol. The van der Waals surface area contributed by atoms with Gasteiger partial charge in [0.25, 0.3) is 0 Å². The molecular formula is C53H34N4. The first-order valence-electron chi connectivity index (χ1n) is 19.3. The molecule has 0 fully saturated rings. The number of aromatic nitrogens is 4. The third-order valence-electron chi connectivity index (χ3n) is 11.0. The van der Waals surface area contributed by atoms with Crippen molar-refractivity contribution in [3.8, 4) is 62.0 Å². The summed E-state index contributed by atoms with van der Waals surface area (Å²) in [6.45, 7) is 0. The number of nitrogens with zero attached hydrogens (tertiary/aromatic N) is 4. The first kappa shape index (κ1) is 32.7. The van der Waals surface area contributed by atoms with Crippen LogP contribution in [-0.4, -0.2) is 19.5 Å². The summed E-state index contributed by atoms with van der Waals surface area (Å²) in [6.07, 6.45) is 0. The molecule has 11 rings (SSSR count). The van der Waals surface area contributed by atoms with Gasteiger partial charge in [-0.3, -0.25) is 0 Å². The summed E-state index contributed by atoms with van der Waals surface area (Å²) in [7, 11) is 0. The van der Waals surface area contributed by atoms with E-state index in [0.29, 0.717) is 5.82 Å². The van der Waals surface area contributed by atoms with Gasteiger partial charge in [0, 0.05) is 49.5 Å². The van der Waals surface area contributed by atoms with E-state index in [9.17, 15) is 0 Å². The Morgan fingerprint density at radius 2 is 0.842 bits per heavy atom. The van der Waals surface area contributed by atoms with Crippen LogP contribution in [0.15, 0.2) is 206 Å². The minimum Gasteiger partial charge on any atom is -0.309 e. The number of hydrogen-bond donors (Lipinski definition) is 0. The van der Waals surface area contributed by atoms with E-state index in [2.05, 4.69) is 174 Å². The Kier molecular flexibility index (Phi) is 7.78. The van der Waals surface area contributed by atoms with Gasteiger partial charge in [0.1, 0.15) is 0 Å². The number of rotatable bonds is 6. The first-order valence-corrected chi connectivity index (χ1v) is 19.3. The largest absolute Gasteiger partial charge is 0.309 e. The summed E-state index contributed by atoms with van der Waals surface area (Å²) < 4.78 is 2.40. The molecule has 0 atom stereocenters. The zero-order valence-corrected chi connectivity index (χ0v) is 30.9. The van der Waals surface area contributed by atoms with E-state index >= 15 is 0 Å². The molecular weight excluding hydrogens is 693 g/mol. The Hall–Kier alpha value is -7.69. The standard InChI is InChI=1S/C53H34N4/c1-5-15-36(16-6-1)48-34-49(56-53(55-48)39-19-9-3-10-20-39)37-27-25-35(26-28-37)40-29-30-50-44(31-40)45-32-46-43(33-51(45)57(50)41-21-11-4-12-22-41)42-23-13-14-24-47(42)54-52(46)38-17-7-2-8-18-38/h1-34H. The van der Waals surface area contributed by atoms with Gasteiger partial charge in [0.05, 0.1) is 33.6 Å². The molecule has 0 aliphatic carbocycles. The Bertz CT molecular complexity index is 3190. The third kappa shape index (κ3) is 5.74. The summed E-state index contributed by atoms with van der Waals surface area (Å²) in [5.74, 6) is 0.711. The lowest BCUT2D eigenvalue weighted by atomic mass is 9.97. The highest BCUT2D eigenvalue weighted by molar-refractivity contribution is 6.20. The van der Waals surface area contributed by atoms with Crippen molar-refractivity contribution in [2.24, 2.45) is 0 Å². The van der Waals surface area contributed by atoms with Crippen LogP contribution in [0.1, 0.15) is 0 Å². The number of para-hydroxylation sites is 2. The van der Waals surface area contributed by atoms with Gasteiger partial charge < -0.3 is 4.57 Å². The van der Waals surface area contributed by atoms with Gasteiger partial charge in [-0.2, -0.15) is 0 Å². The minimum absolute atomic E-state index is 0.711. The summed E-state index contributed by atoms with van der Waals surface area (Å²) in [4.78, 5) is 15.3. The van der Waals surface area contributed by atoms with E-state index in [-0.39, 0.29) is 0 Å². The molecule has 0 unspecified atom stereocenters. The van der Waals surface area contributed by atoms with Crippen LogP contribution < -0.4 is 0 Å². The molecule has 3 aromatic heterocycles. The molecule has 11 aromatic rings. The highest BCUT2D eigenvalue weighted by Gasteiger charge is 2.19. The van der Waals surface area contributed by atoms with Gasteiger partial charge in [-0.1, -0.05) is 158 Å². The molecule has 266 valence electrons. The molecule has 8 aromatic carbocycles. The van der Waals surface area contributed by atoms with Gasteiger partial charge in [0.2, 0.25) is 0 Å². The van der Waals surface area contributed by atoms with Crippen molar-refractivity contribution in [1.29, 1.82) is 0 Å². The van der Waals surface area contributed by atoms with E-state index in [0.717, 1.165) is 78.0 Å². The SMILES string of the molecule is c1ccc(-c2cc(-c3ccc(-c4ccc5c(c4)c4cc6c(-c7ccccc7)nc7ccccc7c6cc4n5-c4ccccc4)cc3)nc(-c3ccccc3)n2)cc1.